The molecule has 1 saturated heterocycles. The van der Waals surface area contributed by atoms with Gasteiger partial charge in [0.1, 0.15) is 6.20 Å². The van der Waals surface area contributed by atoms with E-state index in [4.69, 9.17) is 23.2 Å². The molecule has 5 fully saturated rings. The van der Waals surface area contributed by atoms with Crippen molar-refractivity contribution in [2.24, 2.45) is 17.8 Å². The molecule has 0 radical (unpaired) electrons. The number of hydrogen-bond donors (Lipinski definition) is 0. The van der Waals surface area contributed by atoms with Gasteiger partial charge in [-0.3, -0.25) is 24.5 Å². The van der Waals surface area contributed by atoms with Gasteiger partial charge in [-0.2, -0.15) is 5.10 Å². The molecule has 0 spiro atoms. The third-order valence-electron chi connectivity index (χ3n) is 8.69. The van der Waals surface area contributed by atoms with Crippen LogP contribution >= 0.6 is 23.2 Å². The van der Waals surface area contributed by atoms with Crippen LogP contribution in [0.15, 0.2) is 24.4 Å². The quantitative estimate of drug-likeness (QED) is 0.412. The number of nitrogens with zero attached hydrogens (tertiary/aromatic N) is 5. The minimum atomic E-state index is -0.451. The molecule has 1 aromatic heterocycles. The van der Waals surface area contributed by atoms with Crippen LogP contribution in [0, 0.1) is 27.9 Å². The molecule has 186 valence electrons. The molecule has 2 heterocycles. The summed E-state index contributed by atoms with van der Waals surface area (Å²) in [4.78, 5) is 28.8. The highest BCUT2D eigenvalue weighted by atomic mass is 35.5. The second-order valence-corrected chi connectivity index (χ2v) is 11.8. The summed E-state index contributed by atoms with van der Waals surface area (Å²) in [6, 6.07) is 5.46. The van der Waals surface area contributed by atoms with Crippen molar-refractivity contribution >= 4 is 34.8 Å². The van der Waals surface area contributed by atoms with Crippen LogP contribution in [-0.2, 0) is 12.1 Å². The van der Waals surface area contributed by atoms with Gasteiger partial charge < -0.3 is 4.90 Å². The Hall–Kier alpha value is -2.16. The summed E-state index contributed by atoms with van der Waals surface area (Å²) in [7, 11) is 0. The molecule has 10 heteroatoms. The molecule has 1 amide bonds. The van der Waals surface area contributed by atoms with E-state index in [0.29, 0.717) is 60.5 Å². The van der Waals surface area contributed by atoms with Gasteiger partial charge in [-0.05, 0) is 68.4 Å². The Labute approximate surface area is 214 Å². The van der Waals surface area contributed by atoms with E-state index in [9.17, 15) is 14.9 Å². The molecule has 35 heavy (non-hydrogen) atoms. The average molecular weight is 518 g/mol. The van der Waals surface area contributed by atoms with E-state index in [0.717, 1.165) is 24.8 Å². The first-order chi connectivity index (χ1) is 16.8. The zero-order chi connectivity index (χ0) is 24.3. The van der Waals surface area contributed by atoms with Gasteiger partial charge in [0.05, 0.1) is 10.5 Å². The maximum Gasteiger partial charge on any atom is 0.320 e. The van der Waals surface area contributed by atoms with Crippen LogP contribution in [0.1, 0.15) is 54.6 Å². The number of halogens is 2. The number of rotatable bonds is 5. The molecular formula is C25H29Cl2N5O3. The van der Waals surface area contributed by atoms with Crippen LogP contribution in [0.4, 0.5) is 5.69 Å². The molecule has 0 unspecified atom stereocenters. The molecule has 2 aromatic rings. The molecule has 0 atom stereocenters. The first-order valence-electron chi connectivity index (χ1n) is 12.5. The maximum absolute atomic E-state index is 13.4. The van der Waals surface area contributed by atoms with Crippen LogP contribution in [-0.4, -0.2) is 56.6 Å². The summed E-state index contributed by atoms with van der Waals surface area (Å²) in [5.74, 6) is 1.70. The van der Waals surface area contributed by atoms with E-state index in [2.05, 4.69) is 10.00 Å². The highest BCUT2D eigenvalue weighted by molar-refractivity contribution is 6.35. The number of hydrogen-bond acceptors (Lipinski definition) is 5. The predicted octanol–water partition coefficient (Wildman–Crippen LogP) is 4.98. The lowest BCUT2D eigenvalue weighted by Crippen LogP contribution is -2.52. The Morgan fingerprint density at radius 2 is 1.60 bits per heavy atom. The first kappa shape index (κ1) is 23.3. The van der Waals surface area contributed by atoms with Gasteiger partial charge in [0.25, 0.3) is 5.91 Å². The van der Waals surface area contributed by atoms with Crippen molar-refractivity contribution in [2.45, 2.75) is 50.6 Å². The lowest BCUT2D eigenvalue weighted by molar-refractivity contribution is -0.385. The monoisotopic (exact) mass is 517 g/mol. The van der Waals surface area contributed by atoms with Crippen molar-refractivity contribution in [2.75, 3.05) is 26.2 Å². The molecule has 8 nitrogen and oxygen atoms in total. The summed E-state index contributed by atoms with van der Waals surface area (Å²) in [6.07, 6.45) is 8.43. The number of aromatic nitrogens is 2. The van der Waals surface area contributed by atoms with Gasteiger partial charge in [0.15, 0.2) is 0 Å². The molecule has 0 N–H and O–H groups in total. The minimum Gasteiger partial charge on any atom is -0.334 e. The molecule has 1 aromatic carbocycles. The lowest BCUT2D eigenvalue weighted by atomic mass is 9.53. The third-order valence-corrected chi connectivity index (χ3v) is 9.40. The summed E-state index contributed by atoms with van der Waals surface area (Å²) < 4.78 is 1.82. The molecular weight excluding hydrogens is 489 g/mol. The van der Waals surface area contributed by atoms with E-state index in [1.54, 1.807) is 4.90 Å². The Morgan fingerprint density at radius 1 is 1.03 bits per heavy atom. The molecule has 5 aliphatic rings. The van der Waals surface area contributed by atoms with E-state index in [-0.39, 0.29) is 22.8 Å². The van der Waals surface area contributed by atoms with E-state index in [1.165, 1.54) is 25.5 Å². The van der Waals surface area contributed by atoms with Crippen LogP contribution in [0.25, 0.3) is 0 Å². The fourth-order valence-corrected chi connectivity index (χ4v) is 7.92. The molecule has 1 aliphatic heterocycles. The van der Waals surface area contributed by atoms with E-state index < -0.39 is 4.92 Å². The van der Waals surface area contributed by atoms with Crippen molar-refractivity contribution in [3.63, 3.8) is 0 Å². The zero-order valence-corrected chi connectivity index (χ0v) is 21.0. The second kappa shape index (κ2) is 8.75. The highest BCUT2D eigenvalue weighted by Crippen LogP contribution is 2.58. The van der Waals surface area contributed by atoms with Crippen molar-refractivity contribution in [1.82, 2.24) is 19.6 Å². The summed E-state index contributed by atoms with van der Waals surface area (Å²) >= 11 is 12.6. The highest BCUT2D eigenvalue weighted by Gasteiger charge is 2.53. The Balaban J connectivity index is 1.19. The fourth-order valence-electron chi connectivity index (χ4n) is 7.41. The summed E-state index contributed by atoms with van der Waals surface area (Å²) in [5, 5.41) is 17.8. The minimum absolute atomic E-state index is 0.0201. The smallest absolute Gasteiger partial charge is 0.320 e. The van der Waals surface area contributed by atoms with Crippen LogP contribution in [0.5, 0.6) is 0 Å². The number of carbonyl (C=O) groups excluding carboxylic acids is 1. The SMILES string of the molecule is O=C(c1nn(C23CC4CC(CC(C4)C2)C3)cc1[N+](=O)[O-])N1CCN(Cc2c(Cl)cccc2Cl)CC1. The average Bonchev–Trinajstić information content (AvgIpc) is 3.28. The van der Waals surface area contributed by atoms with Crippen LogP contribution in [0.3, 0.4) is 0 Å². The number of benzene rings is 1. The Kier molecular flexibility index (Phi) is 5.81. The van der Waals surface area contributed by atoms with Crippen molar-refractivity contribution in [3.8, 4) is 0 Å². The molecule has 4 saturated carbocycles. The zero-order valence-electron chi connectivity index (χ0n) is 19.5. The lowest BCUT2D eigenvalue weighted by Gasteiger charge is -2.56. The van der Waals surface area contributed by atoms with Crippen molar-refractivity contribution < 1.29 is 9.72 Å². The number of carbonyl (C=O) groups is 1. The Morgan fingerprint density at radius 3 is 2.14 bits per heavy atom. The summed E-state index contributed by atoms with van der Waals surface area (Å²) in [5.41, 5.74) is 0.523. The molecule has 7 rings (SSSR count). The first-order valence-corrected chi connectivity index (χ1v) is 13.3. The summed E-state index contributed by atoms with van der Waals surface area (Å²) in [6.45, 7) is 2.82. The third kappa shape index (κ3) is 4.13. The second-order valence-electron chi connectivity index (χ2n) is 11.0. The van der Waals surface area contributed by atoms with Gasteiger partial charge in [0, 0.05) is 48.3 Å². The van der Waals surface area contributed by atoms with Gasteiger partial charge in [0.2, 0.25) is 5.69 Å². The Bertz CT molecular complexity index is 1120. The predicted molar refractivity (Wildman–Crippen MR) is 133 cm³/mol. The fraction of sp³-hybridized carbons (Fsp3) is 0.600. The van der Waals surface area contributed by atoms with Crippen molar-refractivity contribution in [1.29, 1.82) is 0 Å². The maximum atomic E-state index is 13.4. The number of nitro groups is 1. The largest absolute Gasteiger partial charge is 0.334 e. The standard InChI is InChI=1S/C25H29Cl2N5O3/c26-20-2-1-3-21(27)19(20)14-29-4-6-30(7-5-29)24(33)23-22(32(34)35)15-31(28-23)25-11-16-8-17(12-25)10-18(9-16)13-25/h1-3,15-18H,4-14H2. The van der Waals surface area contributed by atoms with Crippen molar-refractivity contribution in [3.05, 3.63) is 55.8 Å². The van der Waals surface area contributed by atoms with Gasteiger partial charge >= 0.3 is 5.69 Å². The normalized spacial score (nSPS) is 30.1. The van der Waals surface area contributed by atoms with Gasteiger partial charge in [-0.15, -0.1) is 0 Å². The number of amides is 1. The number of piperazine rings is 1. The molecule has 4 aliphatic carbocycles. The van der Waals surface area contributed by atoms with Crippen LogP contribution < -0.4 is 0 Å². The van der Waals surface area contributed by atoms with Gasteiger partial charge in [-0.25, -0.2) is 0 Å². The topological polar surface area (TPSA) is 84.5 Å². The van der Waals surface area contributed by atoms with E-state index >= 15 is 0 Å². The van der Waals surface area contributed by atoms with E-state index in [1.807, 2.05) is 22.9 Å². The van der Waals surface area contributed by atoms with Gasteiger partial charge in [-0.1, -0.05) is 29.3 Å². The van der Waals surface area contributed by atoms with Crippen LogP contribution in [0.2, 0.25) is 10.0 Å². The molecule has 4 bridgehead atoms.